The van der Waals surface area contributed by atoms with Gasteiger partial charge in [-0.15, -0.1) is 11.3 Å². The Morgan fingerprint density at radius 2 is 1.78 bits per heavy atom. The smallest absolute Gasteiger partial charge is 0.324 e. The number of Topliss-reactive ketones (excluding diaryl/α,β-unsaturated/α-hetero) is 2. The van der Waals surface area contributed by atoms with E-state index >= 15 is 0 Å². The topological polar surface area (TPSA) is 99.3 Å². The summed E-state index contributed by atoms with van der Waals surface area (Å²) in [5, 5.41) is 16.3. The Balaban J connectivity index is 1.60. The molecule has 6 nitrogen and oxygen atoms in total. The maximum Gasteiger partial charge on any atom is 0.324 e. The summed E-state index contributed by atoms with van der Waals surface area (Å²) in [4.78, 5) is 43.2. The molecule has 0 saturated heterocycles. The molecular weight excluding hydrogens is 472 g/mol. The van der Waals surface area contributed by atoms with E-state index in [4.69, 9.17) is 0 Å². The van der Waals surface area contributed by atoms with Crippen LogP contribution in [0.5, 0.6) is 0 Å². The average Bonchev–Trinajstić information content (AvgIpc) is 3.50. The first-order valence-electron chi connectivity index (χ1n) is 11.9. The van der Waals surface area contributed by atoms with E-state index < -0.39 is 11.5 Å². The quantitative estimate of drug-likeness (QED) is 0.229. The molecule has 0 aliphatic carbocycles. The number of hydrogen-bond acceptors (Lipinski definition) is 5. The van der Waals surface area contributed by atoms with Crippen LogP contribution >= 0.6 is 11.3 Å². The highest BCUT2D eigenvalue weighted by Gasteiger charge is 2.41. The second-order valence-electron chi connectivity index (χ2n) is 9.37. The van der Waals surface area contributed by atoms with Crippen molar-refractivity contribution < 1.29 is 19.5 Å². The van der Waals surface area contributed by atoms with Crippen molar-refractivity contribution in [3.05, 3.63) is 93.3 Å². The lowest BCUT2D eigenvalue weighted by Crippen LogP contribution is -2.56. The lowest BCUT2D eigenvalue weighted by atomic mass is 9.84. The molecule has 0 bridgehead atoms. The summed E-state index contributed by atoms with van der Waals surface area (Å²) in [6, 6.07) is 17.1. The first-order chi connectivity index (χ1) is 17.3. The predicted octanol–water partition coefficient (Wildman–Crippen LogP) is 5.28. The molecule has 0 aliphatic heterocycles. The normalized spacial score (nSPS) is 12.9. The lowest BCUT2D eigenvalue weighted by Gasteiger charge is -2.30. The molecule has 0 fully saturated rings. The van der Waals surface area contributed by atoms with E-state index in [0.29, 0.717) is 12.0 Å². The van der Waals surface area contributed by atoms with Gasteiger partial charge in [-0.2, -0.15) is 0 Å². The molecule has 4 rings (SSSR count). The average molecular weight is 503 g/mol. The Hall–Kier alpha value is -3.55. The molecule has 0 spiro atoms. The van der Waals surface area contributed by atoms with Crippen LogP contribution in [0.1, 0.15) is 44.8 Å². The molecule has 0 amide bonds. The summed E-state index contributed by atoms with van der Waals surface area (Å²) in [6.07, 6.45) is 2.45. The largest absolute Gasteiger partial charge is 0.480 e. The van der Waals surface area contributed by atoms with Gasteiger partial charge in [0.1, 0.15) is 11.3 Å². The Labute approximate surface area is 214 Å². The van der Waals surface area contributed by atoms with Gasteiger partial charge in [-0.1, -0.05) is 41.5 Å². The molecule has 36 heavy (non-hydrogen) atoms. The zero-order chi connectivity index (χ0) is 25.7. The van der Waals surface area contributed by atoms with E-state index in [2.05, 4.69) is 10.3 Å². The monoisotopic (exact) mass is 502 g/mol. The molecule has 2 heterocycles. The summed E-state index contributed by atoms with van der Waals surface area (Å²) in [5.74, 6) is -1.51. The van der Waals surface area contributed by atoms with Crippen molar-refractivity contribution in [2.24, 2.45) is 0 Å². The van der Waals surface area contributed by atoms with E-state index in [0.717, 1.165) is 32.5 Å². The van der Waals surface area contributed by atoms with Crippen LogP contribution in [0, 0.1) is 13.8 Å². The molecule has 2 aromatic carbocycles. The number of carbonyl (C=O) groups excluding carboxylic acids is 2. The minimum absolute atomic E-state index is 0.0667. The number of para-hydroxylation sites is 1. The number of carboxylic acid groups (broad SMARTS) is 1. The molecule has 2 aromatic heterocycles. The van der Waals surface area contributed by atoms with Crippen LogP contribution in [-0.4, -0.2) is 39.7 Å². The number of ketones is 2. The number of aromatic amines is 1. The van der Waals surface area contributed by atoms with Crippen LogP contribution in [0.25, 0.3) is 10.9 Å². The number of benzene rings is 2. The number of rotatable bonds is 12. The van der Waals surface area contributed by atoms with E-state index in [1.807, 2.05) is 61.7 Å². The molecule has 7 heteroatoms. The second kappa shape index (κ2) is 11.0. The Kier molecular flexibility index (Phi) is 7.82. The standard InChI is InChI=1S/C29H30N2O4S/c1-19-12-20(2)14-21(13-19)27(33)18-31-29(28(34)35,16-23(32)9-10-24-6-5-11-36-24)15-22-17-30-26-8-4-3-7-25(22)26/h3-8,11-14,17,30-31H,9-10,15-16,18H2,1-2H3,(H,34,35). The number of nitrogens with one attached hydrogen (secondary N) is 2. The van der Waals surface area contributed by atoms with Crippen molar-refractivity contribution in [3.63, 3.8) is 0 Å². The van der Waals surface area contributed by atoms with Crippen molar-refractivity contribution in [1.82, 2.24) is 10.3 Å². The Morgan fingerprint density at radius 3 is 2.47 bits per heavy atom. The highest BCUT2D eigenvalue weighted by Crippen LogP contribution is 2.26. The fourth-order valence-corrected chi connectivity index (χ4v) is 5.36. The Bertz CT molecular complexity index is 1370. The third-order valence-electron chi connectivity index (χ3n) is 6.44. The molecule has 0 aliphatic rings. The zero-order valence-corrected chi connectivity index (χ0v) is 21.3. The molecule has 1 atom stereocenters. The maximum absolute atomic E-state index is 13.1. The van der Waals surface area contributed by atoms with E-state index in [9.17, 15) is 19.5 Å². The van der Waals surface area contributed by atoms with E-state index in [-0.39, 0.29) is 37.4 Å². The number of carboxylic acids is 1. The van der Waals surface area contributed by atoms with Crippen LogP contribution < -0.4 is 5.32 Å². The van der Waals surface area contributed by atoms with Gasteiger partial charge < -0.3 is 10.1 Å². The fraction of sp³-hybridized carbons (Fsp3) is 0.276. The summed E-state index contributed by atoms with van der Waals surface area (Å²) in [5.41, 5.74) is 2.50. The number of thiophene rings is 1. The number of fused-ring (bicyclic) bond motifs is 1. The van der Waals surface area contributed by atoms with Gasteiger partial charge in [-0.25, -0.2) is 0 Å². The van der Waals surface area contributed by atoms with Crippen molar-refractivity contribution in [2.75, 3.05) is 6.54 Å². The van der Waals surface area contributed by atoms with E-state index in [1.54, 1.807) is 29.7 Å². The number of carbonyl (C=O) groups is 3. The number of aromatic nitrogens is 1. The third-order valence-corrected chi connectivity index (χ3v) is 7.37. The van der Waals surface area contributed by atoms with Gasteiger partial charge in [0.05, 0.1) is 6.54 Å². The highest BCUT2D eigenvalue weighted by atomic mass is 32.1. The van der Waals surface area contributed by atoms with Crippen molar-refractivity contribution in [1.29, 1.82) is 0 Å². The molecule has 3 N–H and O–H groups in total. The molecule has 1 unspecified atom stereocenters. The van der Waals surface area contributed by atoms with Crippen LogP contribution in [0.15, 0.2) is 66.2 Å². The SMILES string of the molecule is Cc1cc(C)cc(C(=O)CNC(CC(=O)CCc2cccs2)(Cc2c[nH]c3ccccc23)C(=O)O)c1. The maximum atomic E-state index is 13.1. The van der Waals surface area contributed by atoms with Crippen molar-refractivity contribution >= 4 is 39.8 Å². The van der Waals surface area contributed by atoms with Crippen LogP contribution in [0.2, 0.25) is 0 Å². The van der Waals surface area contributed by atoms with Gasteiger partial charge in [0.15, 0.2) is 5.78 Å². The van der Waals surface area contributed by atoms with Crippen LogP contribution in [0.3, 0.4) is 0 Å². The first kappa shape index (κ1) is 25.5. The Morgan fingerprint density at radius 1 is 1.03 bits per heavy atom. The molecule has 4 aromatic rings. The van der Waals surface area contributed by atoms with Gasteiger partial charge >= 0.3 is 5.97 Å². The zero-order valence-electron chi connectivity index (χ0n) is 20.5. The van der Waals surface area contributed by atoms with Crippen molar-refractivity contribution in [3.8, 4) is 0 Å². The lowest BCUT2D eigenvalue weighted by molar-refractivity contribution is -0.147. The molecule has 0 radical (unpaired) electrons. The summed E-state index contributed by atoms with van der Waals surface area (Å²) in [6.45, 7) is 3.65. The minimum Gasteiger partial charge on any atom is -0.480 e. The van der Waals surface area contributed by atoms with E-state index in [1.165, 1.54) is 0 Å². The predicted molar refractivity (Wildman–Crippen MR) is 143 cm³/mol. The molecule has 186 valence electrons. The summed E-state index contributed by atoms with van der Waals surface area (Å²) >= 11 is 1.58. The number of aryl methyl sites for hydroxylation is 3. The summed E-state index contributed by atoms with van der Waals surface area (Å²) < 4.78 is 0. The fourth-order valence-electron chi connectivity index (χ4n) is 4.65. The van der Waals surface area contributed by atoms with Gasteiger partial charge in [0.2, 0.25) is 0 Å². The number of aliphatic carboxylic acids is 1. The van der Waals surface area contributed by atoms with Crippen LogP contribution in [0.4, 0.5) is 0 Å². The van der Waals surface area contributed by atoms with Gasteiger partial charge in [-0.05, 0) is 55.5 Å². The van der Waals surface area contributed by atoms with Gasteiger partial charge in [0, 0.05) is 46.8 Å². The van der Waals surface area contributed by atoms with Crippen molar-refractivity contribution in [2.45, 2.75) is 45.1 Å². The third kappa shape index (κ3) is 5.98. The van der Waals surface area contributed by atoms with Gasteiger partial charge in [0.25, 0.3) is 0 Å². The van der Waals surface area contributed by atoms with Crippen LogP contribution in [-0.2, 0) is 22.4 Å². The number of hydrogen-bond donors (Lipinski definition) is 3. The molecular formula is C29H30N2O4S. The first-order valence-corrected chi connectivity index (χ1v) is 12.8. The highest BCUT2D eigenvalue weighted by molar-refractivity contribution is 7.09. The summed E-state index contributed by atoms with van der Waals surface area (Å²) in [7, 11) is 0. The molecule has 0 saturated carbocycles. The number of H-pyrrole nitrogens is 1. The minimum atomic E-state index is -1.62. The second-order valence-corrected chi connectivity index (χ2v) is 10.4. The van der Waals surface area contributed by atoms with Gasteiger partial charge in [-0.3, -0.25) is 19.7 Å².